The van der Waals surface area contributed by atoms with E-state index in [0.29, 0.717) is 0 Å². The summed E-state index contributed by atoms with van der Waals surface area (Å²) in [6, 6.07) is 0. The smallest absolute Gasteiger partial charge is 0.111 e. The van der Waals surface area contributed by atoms with E-state index >= 15 is 0 Å². The predicted octanol–water partition coefficient (Wildman–Crippen LogP) is 1.55. The van der Waals surface area contributed by atoms with Gasteiger partial charge in [-0.25, -0.2) is 0 Å². The Hall–Kier alpha value is -1.84. The van der Waals surface area contributed by atoms with E-state index in [1.807, 2.05) is 13.8 Å². The minimum atomic E-state index is 0.762. The first-order valence-electron chi connectivity index (χ1n) is 4.34. The third kappa shape index (κ3) is 1.59. The van der Waals surface area contributed by atoms with Gasteiger partial charge >= 0.3 is 0 Å². The van der Waals surface area contributed by atoms with E-state index in [1.165, 1.54) is 0 Å². The normalized spacial score (nSPS) is 10.1. The van der Waals surface area contributed by atoms with Gasteiger partial charge in [-0.2, -0.15) is 0 Å². The lowest BCUT2D eigenvalue weighted by Gasteiger charge is -2.02. The van der Waals surface area contributed by atoms with Gasteiger partial charge < -0.3 is 0 Å². The van der Waals surface area contributed by atoms with Crippen molar-refractivity contribution < 1.29 is 0 Å². The molecule has 0 unspecified atom stereocenters. The molecule has 2 heterocycles. The van der Waals surface area contributed by atoms with Crippen molar-refractivity contribution in [2.75, 3.05) is 0 Å². The predicted molar refractivity (Wildman–Crippen MR) is 52.5 cm³/mol. The van der Waals surface area contributed by atoms with Crippen LogP contribution in [0.15, 0.2) is 24.8 Å². The molecule has 70 valence electrons. The Morgan fingerprint density at radius 1 is 1.00 bits per heavy atom. The van der Waals surface area contributed by atoms with E-state index in [9.17, 15) is 0 Å². The Labute approximate surface area is 82.1 Å². The van der Waals surface area contributed by atoms with Gasteiger partial charge in [-0.1, -0.05) is 0 Å². The van der Waals surface area contributed by atoms with Gasteiger partial charge in [0, 0.05) is 18.6 Å². The zero-order valence-electron chi connectivity index (χ0n) is 8.10. The number of hydrogen-bond acceptors (Lipinski definition) is 4. The number of hydrogen-bond donors (Lipinski definition) is 0. The van der Waals surface area contributed by atoms with Crippen molar-refractivity contribution in [3.63, 3.8) is 0 Å². The quantitative estimate of drug-likeness (QED) is 0.678. The first kappa shape index (κ1) is 8.74. The molecule has 0 aliphatic heterocycles. The van der Waals surface area contributed by atoms with Crippen LogP contribution in [0.3, 0.4) is 0 Å². The average molecular weight is 186 g/mol. The summed E-state index contributed by atoms with van der Waals surface area (Å²) in [6.45, 7) is 3.84. The van der Waals surface area contributed by atoms with Crippen LogP contribution in [0.25, 0.3) is 11.4 Å². The lowest BCUT2D eigenvalue weighted by atomic mass is 10.2. The zero-order chi connectivity index (χ0) is 9.97. The fraction of sp³-hybridized carbons (Fsp3) is 0.200. The van der Waals surface area contributed by atoms with Crippen LogP contribution in [0.1, 0.15) is 11.4 Å². The van der Waals surface area contributed by atoms with Gasteiger partial charge in [0.15, 0.2) is 0 Å². The van der Waals surface area contributed by atoms with Gasteiger partial charge in [0.1, 0.15) is 11.4 Å². The van der Waals surface area contributed by atoms with Gasteiger partial charge in [0.25, 0.3) is 0 Å². The van der Waals surface area contributed by atoms with Crippen molar-refractivity contribution in [2.45, 2.75) is 13.8 Å². The second-order valence-electron chi connectivity index (χ2n) is 3.04. The van der Waals surface area contributed by atoms with E-state index in [2.05, 4.69) is 19.9 Å². The highest BCUT2D eigenvalue weighted by Gasteiger charge is 2.05. The minimum absolute atomic E-state index is 0.762. The molecule has 0 spiro atoms. The van der Waals surface area contributed by atoms with Crippen LogP contribution in [0, 0.1) is 13.8 Å². The van der Waals surface area contributed by atoms with Gasteiger partial charge in [0.2, 0.25) is 0 Å². The molecule has 2 rings (SSSR count). The topological polar surface area (TPSA) is 51.6 Å². The number of nitrogens with zero attached hydrogens (tertiary/aromatic N) is 4. The summed E-state index contributed by atoms with van der Waals surface area (Å²) in [5, 5.41) is 0. The molecule has 0 fully saturated rings. The Kier molecular flexibility index (Phi) is 2.18. The van der Waals surface area contributed by atoms with Crippen LogP contribution in [-0.2, 0) is 0 Å². The Balaban J connectivity index is 2.53. The van der Waals surface area contributed by atoms with E-state index < -0.39 is 0 Å². The molecule has 0 aliphatic carbocycles. The SMILES string of the molecule is Cc1cnc(-c2cnccn2)c(C)n1. The first-order valence-corrected chi connectivity index (χ1v) is 4.34. The van der Waals surface area contributed by atoms with Crippen molar-refractivity contribution >= 4 is 0 Å². The van der Waals surface area contributed by atoms with E-state index in [4.69, 9.17) is 0 Å². The molecule has 0 amide bonds. The molecule has 2 aromatic heterocycles. The maximum Gasteiger partial charge on any atom is 0.111 e. The molecule has 0 saturated heterocycles. The van der Waals surface area contributed by atoms with Crippen LogP contribution in [0.5, 0.6) is 0 Å². The first-order chi connectivity index (χ1) is 6.77. The monoisotopic (exact) mass is 186 g/mol. The summed E-state index contributed by atoms with van der Waals surface area (Å²) in [7, 11) is 0. The largest absolute Gasteiger partial charge is 0.261 e. The zero-order valence-corrected chi connectivity index (χ0v) is 8.10. The van der Waals surface area contributed by atoms with E-state index in [-0.39, 0.29) is 0 Å². The van der Waals surface area contributed by atoms with E-state index in [0.717, 1.165) is 22.8 Å². The molecule has 0 atom stereocenters. The molecule has 0 aromatic carbocycles. The van der Waals surface area contributed by atoms with Crippen molar-refractivity contribution in [3.05, 3.63) is 36.2 Å². The number of rotatable bonds is 1. The molecule has 0 bridgehead atoms. The molecule has 0 N–H and O–H groups in total. The third-order valence-electron chi connectivity index (χ3n) is 1.87. The third-order valence-corrected chi connectivity index (χ3v) is 1.87. The van der Waals surface area contributed by atoms with Crippen LogP contribution >= 0.6 is 0 Å². The number of aryl methyl sites for hydroxylation is 2. The van der Waals surface area contributed by atoms with Crippen molar-refractivity contribution in [2.24, 2.45) is 0 Å². The maximum absolute atomic E-state index is 4.32. The van der Waals surface area contributed by atoms with Gasteiger partial charge in [0.05, 0.1) is 17.6 Å². The highest BCUT2D eigenvalue weighted by Crippen LogP contribution is 2.15. The molecule has 2 aromatic rings. The highest BCUT2D eigenvalue weighted by atomic mass is 14.9. The Morgan fingerprint density at radius 3 is 2.50 bits per heavy atom. The fourth-order valence-electron chi connectivity index (χ4n) is 1.27. The molecule has 14 heavy (non-hydrogen) atoms. The molecule has 0 aliphatic rings. The molecule has 0 saturated carbocycles. The molecule has 4 nitrogen and oxygen atoms in total. The van der Waals surface area contributed by atoms with Crippen LogP contribution < -0.4 is 0 Å². The molecular formula is C10H10N4. The van der Waals surface area contributed by atoms with Crippen molar-refractivity contribution in [1.82, 2.24) is 19.9 Å². The van der Waals surface area contributed by atoms with Crippen molar-refractivity contribution in [1.29, 1.82) is 0 Å². The van der Waals surface area contributed by atoms with E-state index in [1.54, 1.807) is 24.8 Å². The summed E-state index contributed by atoms with van der Waals surface area (Å²) < 4.78 is 0. The molecular weight excluding hydrogens is 176 g/mol. The minimum Gasteiger partial charge on any atom is -0.261 e. The van der Waals surface area contributed by atoms with Crippen LogP contribution in [0.2, 0.25) is 0 Å². The van der Waals surface area contributed by atoms with Crippen LogP contribution in [0.4, 0.5) is 0 Å². The fourth-order valence-corrected chi connectivity index (χ4v) is 1.27. The average Bonchev–Trinajstić information content (AvgIpc) is 2.19. The van der Waals surface area contributed by atoms with Gasteiger partial charge in [-0.3, -0.25) is 19.9 Å². The van der Waals surface area contributed by atoms with Crippen LogP contribution in [-0.4, -0.2) is 19.9 Å². The molecule has 4 heteroatoms. The van der Waals surface area contributed by atoms with Gasteiger partial charge in [-0.15, -0.1) is 0 Å². The summed E-state index contributed by atoms with van der Waals surface area (Å²) in [6.07, 6.45) is 6.71. The number of aromatic nitrogens is 4. The Bertz CT molecular complexity index is 439. The molecule has 0 radical (unpaired) electrons. The van der Waals surface area contributed by atoms with Crippen molar-refractivity contribution in [3.8, 4) is 11.4 Å². The van der Waals surface area contributed by atoms with Gasteiger partial charge in [-0.05, 0) is 13.8 Å². The standard InChI is InChI=1S/C10H10N4/c1-7-5-13-10(8(2)14-7)9-6-11-3-4-12-9/h3-6H,1-2H3. The highest BCUT2D eigenvalue weighted by molar-refractivity contribution is 5.54. The summed E-state index contributed by atoms with van der Waals surface area (Å²) in [5.41, 5.74) is 3.35. The second kappa shape index (κ2) is 3.49. The lowest BCUT2D eigenvalue weighted by molar-refractivity contribution is 1.04. The Morgan fingerprint density at radius 2 is 1.86 bits per heavy atom. The summed E-state index contributed by atoms with van der Waals surface area (Å²) >= 11 is 0. The second-order valence-corrected chi connectivity index (χ2v) is 3.04. The lowest BCUT2D eigenvalue weighted by Crippen LogP contribution is -1.96. The summed E-state index contributed by atoms with van der Waals surface area (Å²) in [5.74, 6) is 0. The maximum atomic E-state index is 4.32. The summed E-state index contributed by atoms with van der Waals surface area (Å²) in [4.78, 5) is 16.8.